The maximum atomic E-state index is 13.6. The standard InChI is InChI=1S/C21H23ClFN7O/c1-12-5-18(25-11-24-12)30-9-13-3-4-14(10-30)19(13)26-20-27-21(29(2)28-20)31-17-7-15(22)6-16(23)8-17/h5-8,11,13-14,19H,3-4,9-10H2,1-2H3,(H,26,28). The van der Waals surface area contributed by atoms with E-state index in [9.17, 15) is 4.39 Å². The molecule has 5 rings (SSSR count). The van der Waals surface area contributed by atoms with E-state index >= 15 is 0 Å². The predicted molar refractivity (Wildman–Crippen MR) is 115 cm³/mol. The molecular weight excluding hydrogens is 421 g/mol. The van der Waals surface area contributed by atoms with Crippen LogP contribution in [0.2, 0.25) is 5.02 Å². The molecule has 8 nitrogen and oxygen atoms in total. The van der Waals surface area contributed by atoms with Crippen LogP contribution in [0.25, 0.3) is 0 Å². The van der Waals surface area contributed by atoms with Gasteiger partial charge in [0.05, 0.1) is 0 Å². The number of aromatic nitrogens is 5. The molecule has 2 aromatic heterocycles. The van der Waals surface area contributed by atoms with Gasteiger partial charge in [-0.25, -0.2) is 19.0 Å². The van der Waals surface area contributed by atoms with Gasteiger partial charge in [0.1, 0.15) is 23.7 Å². The molecule has 1 saturated heterocycles. The van der Waals surface area contributed by atoms with Crippen molar-refractivity contribution in [3.8, 4) is 11.8 Å². The van der Waals surface area contributed by atoms with E-state index in [0.29, 0.717) is 17.8 Å². The average molecular weight is 444 g/mol. The Kier molecular flexibility index (Phi) is 5.13. The molecule has 1 aliphatic heterocycles. The number of benzene rings is 1. The molecule has 2 unspecified atom stereocenters. The highest BCUT2D eigenvalue weighted by atomic mass is 35.5. The fourth-order valence-electron chi connectivity index (χ4n) is 4.62. The van der Waals surface area contributed by atoms with Crippen LogP contribution in [0.5, 0.6) is 11.8 Å². The first-order valence-electron chi connectivity index (χ1n) is 10.3. The van der Waals surface area contributed by atoms with Gasteiger partial charge in [-0.2, -0.15) is 4.98 Å². The third-order valence-corrected chi connectivity index (χ3v) is 6.23. The fourth-order valence-corrected chi connectivity index (χ4v) is 4.83. The quantitative estimate of drug-likeness (QED) is 0.641. The Morgan fingerprint density at radius 2 is 1.90 bits per heavy atom. The molecule has 0 spiro atoms. The van der Waals surface area contributed by atoms with E-state index in [-0.39, 0.29) is 22.8 Å². The Labute approximate surface area is 184 Å². The monoisotopic (exact) mass is 443 g/mol. The van der Waals surface area contributed by atoms with Gasteiger partial charge in [-0.15, -0.1) is 5.10 Å². The van der Waals surface area contributed by atoms with E-state index in [2.05, 4.69) is 30.3 Å². The van der Waals surface area contributed by atoms with Crippen LogP contribution in [0.4, 0.5) is 16.2 Å². The number of fused-ring (bicyclic) bond motifs is 2. The third kappa shape index (κ3) is 4.14. The molecule has 10 heteroatoms. The number of aryl methyl sites for hydroxylation is 2. The van der Waals surface area contributed by atoms with Crippen LogP contribution >= 0.6 is 11.6 Å². The fraction of sp³-hybridized carbons (Fsp3) is 0.429. The summed E-state index contributed by atoms with van der Waals surface area (Å²) in [4.78, 5) is 15.5. The second kappa shape index (κ2) is 7.96. The number of nitrogens with one attached hydrogen (secondary N) is 1. The maximum absolute atomic E-state index is 13.6. The van der Waals surface area contributed by atoms with Crippen molar-refractivity contribution in [3.63, 3.8) is 0 Å². The zero-order valence-electron chi connectivity index (χ0n) is 17.3. The first-order valence-corrected chi connectivity index (χ1v) is 10.7. The molecule has 0 radical (unpaired) electrons. The van der Waals surface area contributed by atoms with Crippen molar-refractivity contribution in [2.75, 3.05) is 23.3 Å². The third-order valence-electron chi connectivity index (χ3n) is 6.01. The molecule has 1 aromatic carbocycles. The Hall–Kier alpha value is -2.94. The Morgan fingerprint density at radius 1 is 1.13 bits per heavy atom. The second-order valence-corrected chi connectivity index (χ2v) is 8.68. The molecule has 2 bridgehead atoms. The van der Waals surface area contributed by atoms with Gasteiger partial charge in [0.15, 0.2) is 0 Å². The van der Waals surface area contributed by atoms with Gasteiger partial charge in [0.2, 0.25) is 5.95 Å². The predicted octanol–water partition coefficient (Wildman–Crippen LogP) is 3.83. The molecule has 162 valence electrons. The zero-order chi connectivity index (χ0) is 21.5. The van der Waals surface area contributed by atoms with Crippen molar-refractivity contribution < 1.29 is 9.13 Å². The smallest absolute Gasteiger partial charge is 0.321 e. The summed E-state index contributed by atoms with van der Waals surface area (Å²) in [6, 6.07) is 6.62. The number of halogens is 2. The first kappa shape index (κ1) is 20.0. The van der Waals surface area contributed by atoms with Crippen LogP contribution < -0.4 is 15.0 Å². The Balaban J connectivity index is 1.28. The van der Waals surface area contributed by atoms with Crippen LogP contribution in [0, 0.1) is 24.6 Å². The summed E-state index contributed by atoms with van der Waals surface area (Å²) in [7, 11) is 1.74. The molecule has 3 heterocycles. The number of rotatable bonds is 5. The Morgan fingerprint density at radius 3 is 2.61 bits per heavy atom. The molecule has 0 amide bonds. The van der Waals surface area contributed by atoms with E-state index in [0.717, 1.165) is 37.4 Å². The highest BCUT2D eigenvalue weighted by Crippen LogP contribution is 2.39. The van der Waals surface area contributed by atoms with Crippen LogP contribution in [0.3, 0.4) is 0 Å². The summed E-state index contributed by atoms with van der Waals surface area (Å²) >= 11 is 5.91. The van der Waals surface area contributed by atoms with Crippen molar-refractivity contribution in [2.24, 2.45) is 18.9 Å². The number of ether oxygens (including phenoxy) is 1. The van der Waals surface area contributed by atoms with Gasteiger partial charge in [-0.3, -0.25) is 0 Å². The van der Waals surface area contributed by atoms with Crippen LogP contribution in [-0.2, 0) is 7.05 Å². The largest absolute Gasteiger partial charge is 0.424 e. The highest BCUT2D eigenvalue weighted by Gasteiger charge is 2.43. The number of nitrogens with zero attached hydrogens (tertiary/aromatic N) is 6. The van der Waals surface area contributed by atoms with Gasteiger partial charge >= 0.3 is 6.01 Å². The molecule has 3 aromatic rings. The van der Waals surface area contributed by atoms with Gasteiger partial charge in [-0.1, -0.05) is 11.6 Å². The van der Waals surface area contributed by atoms with Crippen molar-refractivity contribution in [3.05, 3.63) is 47.1 Å². The normalized spacial score (nSPS) is 22.6. The molecule has 31 heavy (non-hydrogen) atoms. The van der Waals surface area contributed by atoms with Crippen molar-refractivity contribution in [1.82, 2.24) is 24.7 Å². The van der Waals surface area contributed by atoms with Gasteiger partial charge < -0.3 is 15.0 Å². The van der Waals surface area contributed by atoms with E-state index in [4.69, 9.17) is 16.3 Å². The summed E-state index contributed by atoms with van der Waals surface area (Å²) in [6.07, 6.45) is 3.93. The topological polar surface area (TPSA) is 81.0 Å². The minimum atomic E-state index is -0.467. The van der Waals surface area contributed by atoms with Gasteiger partial charge in [0.25, 0.3) is 0 Å². The number of anilines is 2. The van der Waals surface area contributed by atoms with E-state index in [1.54, 1.807) is 13.4 Å². The molecule has 2 fully saturated rings. The lowest BCUT2D eigenvalue weighted by molar-refractivity contribution is 0.374. The Bertz CT molecular complexity index is 1070. The van der Waals surface area contributed by atoms with Crippen molar-refractivity contribution in [2.45, 2.75) is 25.8 Å². The van der Waals surface area contributed by atoms with Crippen LogP contribution in [0.1, 0.15) is 18.5 Å². The zero-order valence-corrected chi connectivity index (χ0v) is 18.1. The number of hydrogen-bond acceptors (Lipinski definition) is 7. The van der Waals surface area contributed by atoms with E-state index in [1.807, 2.05) is 13.0 Å². The summed E-state index contributed by atoms with van der Waals surface area (Å²) in [5.41, 5.74) is 0.974. The lowest BCUT2D eigenvalue weighted by atomic mass is 9.92. The van der Waals surface area contributed by atoms with Crippen molar-refractivity contribution >= 4 is 23.4 Å². The van der Waals surface area contributed by atoms with Gasteiger partial charge in [0, 0.05) is 49.0 Å². The minimum absolute atomic E-state index is 0.262. The second-order valence-electron chi connectivity index (χ2n) is 8.24. The summed E-state index contributed by atoms with van der Waals surface area (Å²) in [5, 5.41) is 8.21. The maximum Gasteiger partial charge on any atom is 0.321 e. The molecule has 1 aliphatic carbocycles. The first-order chi connectivity index (χ1) is 14.9. The summed E-state index contributed by atoms with van der Waals surface area (Å²) < 4.78 is 20.8. The molecule has 2 atom stereocenters. The van der Waals surface area contributed by atoms with E-state index < -0.39 is 5.82 Å². The number of piperidine rings is 1. The lowest BCUT2D eigenvalue weighted by Crippen LogP contribution is -2.48. The molecular formula is C21H23ClFN7O. The summed E-state index contributed by atoms with van der Waals surface area (Å²) in [6.45, 7) is 3.85. The molecule has 1 N–H and O–H groups in total. The minimum Gasteiger partial charge on any atom is -0.424 e. The average Bonchev–Trinajstić information content (AvgIpc) is 3.15. The van der Waals surface area contributed by atoms with E-state index in [1.165, 1.54) is 22.9 Å². The SMILES string of the molecule is Cc1cc(N2CC3CCC(C2)C3Nc2nc(Oc3cc(F)cc(Cl)c3)n(C)n2)ncn1. The summed E-state index contributed by atoms with van der Waals surface area (Å²) in [5.74, 6) is 2.26. The van der Waals surface area contributed by atoms with Crippen LogP contribution in [0.15, 0.2) is 30.6 Å². The van der Waals surface area contributed by atoms with Gasteiger partial charge in [-0.05, 0) is 43.7 Å². The van der Waals surface area contributed by atoms with Crippen LogP contribution in [-0.4, -0.2) is 43.9 Å². The highest BCUT2D eigenvalue weighted by molar-refractivity contribution is 6.30. The van der Waals surface area contributed by atoms with Crippen molar-refractivity contribution in [1.29, 1.82) is 0 Å². The number of hydrogen-bond donors (Lipinski definition) is 1. The molecule has 2 aliphatic rings. The molecule has 1 saturated carbocycles. The lowest BCUT2D eigenvalue weighted by Gasteiger charge is -2.38.